The molecule has 1 saturated heterocycles. The second-order valence-electron chi connectivity index (χ2n) is 7.61. The molecule has 3 rings (SSSR count). The molecule has 0 unspecified atom stereocenters. The van der Waals surface area contributed by atoms with E-state index in [9.17, 15) is 19.2 Å². The Kier molecular flexibility index (Phi) is 6.91. The van der Waals surface area contributed by atoms with Gasteiger partial charge in [0, 0.05) is 0 Å². The fourth-order valence-electron chi connectivity index (χ4n) is 3.89. The van der Waals surface area contributed by atoms with Crippen molar-refractivity contribution in [2.75, 3.05) is 26.3 Å². The Morgan fingerprint density at radius 1 is 1.23 bits per heavy atom. The first-order chi connectivity index (χ1) is 14.4. The van der Waals surface area contributed by atoms with Gasteiger partial charge in [0.05, 0.1) is 6.54 Å². The lowest BCUT2D eigenvalue weighted by Crippen LogP contribution is -2.54. The molecule has 0 radical (unpaired) electrons. The molecule has 162 valence electrons. The first-order valence-electron chi connectivity index (χ1n) is 10.2. The van der Waals surface area contributed by atoms with E-state index < -0.39 is 36.6 Å². The minimum Gasteiger partial charge on any atom is -0.492 e. The van der Waals surface area contributed by atoms with Crippen LogP contribution in [0.25, 0.3) is 0 Å². The number of carbonyl (C=O) groups is 4. The van der Waals surface area contributed by atoms with Crippen LogP contribution in [0.5, 0.6) is 5.75 Å². The van der Waals surface area contributed by atoms with Crippen LogP contribution in [0, 0.1) is 5.92 Å². The van der Waals surface area contributed by atoms with Crippen LogP contribution in [0.3, 0.4) is 0 Å². The SMILES string of the molecule is C[C@@H]1CCCC[C@]12NC(=O)N(CC(=O)OCC(=O)NCCOc1ccccc1)C2=O. The van der Waals surface area contributed by atoms with Crippen LogP contribution >= 0.6 is 0 Å². The largest absolute Gasteiger partial charge is 0.492 e. The van der Waals surface area contributed by atoms with Gasteiger partial charge in [0.15, 0.2) is 6.61 Å². The maximum Gasteiger partial charge on any atom is 0.326 e. The van der Waals surface area contributed by atoms with Crippen molar-refractivity contribution in [1.82, 2.24) is 15.5 Å². The van der Waals surface area contributed by atoms with E-state index in [1.165, 1.54) is 0 Å². The van der Waals surface area contributed by atoms with Crippen LogP contribution in [0.2, 0.25) is 0 Å². The molecule has 1 spiro atoms. The highest BCUT2D eigenvalue weighted by atomic mass is 16.5. The zero-order chi connectivity index (χ0) is 21.6. The number of urea groups is 1. The van der Waals surface area contributed by atoms with Crippen molar-refractivity contribution < 1.29 is 28.7 Å². The predicted octanol–water partition coefficient (Wildman–Crippen LogP) is 1.23. The van der Waals surface area contributed by atoms with Gasteiger partial charge in [-0.05, 0) is 30.9 Å². The lowest BCUT2D eigenvalue weighted by Gasteiger charge is -2.36. The van der Waals surface area contributed by atoms with Gasteiger partial charge in [-0.25, -0.2) is 4.79 Å². The van der Waals surface area contributed by atoms with Gasteiger partial charge in [-0.15, -0.1) is 0 Å². The molecular formula is C21H27N3O6. The molecule has 2 N–H and O–H groups in total. The summed E-state index contributed by atoms with van der Waals surface area (Å²) >= 11 is 0. The number of hydrogen-bond donors (Lipinski definition) is 2. The first kappa shape index (κ1) is 21.6. The Bertz CT molecular complexity index is 799. The second kappa shape index (κ2) is 9.60. The van der Waals surface area contributed by atoms with E-state index in [-0.39, 0.29) is 25.0 Å². The number of nitrogens with one attached hydrogen (secondary N) is 2. The molecule has 2 atom stereocenters. The van der Waals surface area contributed by atoms with Gasteiger partial charge in [0.1, 0.15) is 24.4 Å². The van der Waals surface area contributed by atoms with Crippen molar-refractivity contribution in [2.45, 2.75) is 38.1 Å². The Labute approximate surface area is 175 Å². The quantitative estimate of drug-likeness (QED) is 0.374. The number of nitrogens with zero attached hydrogens (tertiary/aromatic N) is 1. The summed E-state index contributed by atoms with van der Waals surface area (Å²) < 4.78 is 10.4. The number of esters is 1. The van der Waals surface area contributed by atoms with Crippen molar-refractivity contribution in [3.63, 3.8) is 0 Å². The number of benzene rings is 1. The third kappa shape index (κ3) is 4.90. The van der Waals surface area contributed by atoms with Gasteiger partial charge in [-0.1, -0.05) is 38.0 Å². The van der Waals surface area contributed by atoms with Gasteiger partial charge in [-0.2, -0.15) is 0 Å². The Morgan fingerprint density at radius 3 is 2.73 bits per heavy atom. The summed E-state index contributed by atoms with van der Waals surface area (Å²) in [6.45, 7) is 1.45. The van der Waals surface area contributed by atoms with Crippen molar-refractivity contribution in [3.8, 4) is 5.75 Å². The van der Waals surface area contributed by atoms with E-state index in [1.807, 2.05) is 25.1 Å². The molecule has 4 amide bonds. The zero-order valence-electron chi connectivity index (χ0n) is 17.0. The summed E-state index contributed by atoms with van der Waals surface area (Å²) in [5.41, 5.74) is -0.925. The van der Waals surface area contributed by atoms with Crippen molar-refractivity contribution in [3.05, 3.63) is 30.3 Å². The van der Waals surface area contributed by atoms with Crippen LogP contribution in [-0.2, 0) is 19.1 Å². The normalized spacial score (nSPS) is 23.2. The molecular weight excluding hydrogens is 390 g/mol. The topological polar surface area (TPSA) is 114 Å². The van der Waals surface area contributed by atoms with Crippen molar-refractivity contribution in [2.24, 2.45) is 5.92 Å². The van der Waals surface area contributed by atoms with Gasteiger partial charge in [-0.3, -0.25) is 19.3 Å². The maximum atomic E-state index is 12.8. The summed E-state index contributed by atoms with van der Waals surface area (Å²) in [7, 11) is 0. The van der Waals surface area contributed by atoms with Crippen molar-refractivity contribution in [1.29, 1.82) is 0 Å². The zero-order valence-corrected chi connectivity index (χ0v) is 17.0. The summed E-state index contributed by atoms with van der Waals surface area (Å²) in [4.78, 5) is 49.8. The van der Waals surface area contributed by atoms with Crippen molar-refractivity contribution >= 4 is 23.8 Å². The third-order valence-corrected chi connectivity index (χ3v) is 5.59. The lowest BCUT2D eigenvalue weighted by molar-refractivity contribution is -0.151. The van der Waals surface area contributed by atoms with Crippen LogP contribution in [0.4, 0.5) is 4.79 Å². The molecule has 30 heavy (non-hydrogen) atoms. The molecule has 2 aliphatic rings. The summed E-state index contributed by atoms with van der Waals surface area (Å²) in [5, 5.41) is 5.34. The van der Waals surface area contributed by atoms with E-state index in [0.29, 0.717) is 12.2 Å². The Morgan fingerprint density at radius 2 is 2.00 bits per heavy atom. The summed E-state index contributed by atoms with van der Waals surface area (Å²) in [6.07, 6.45) is 3.28. The maximum absolute atomic E-state index is 12.8. The minimum absolute atomic E-state index is 0.00704. The first-order valence-corrected chi connectivity index (χ1v) is 10.2. The molecule has 0 bridgehead atoms. The Hall–Kier alpha value is -3.10. The second-order valence-corrected chi connectivity index (χ2v) is 7.61. The monoisotopic (exact) mass is 417 g/mol. The van der Waals surface area contributed by atoms with E-state index >= 15 is 0 Å². The van der Waals surface area contributed by atoms with Crippen LogP contribution in [0.15, 0.2) is 30.3 Å². The smallest absolute Gasteiger partial charge is 0.326 e. The van der Waals surface area contributed by atoms with E-state index in [2.05, 4.69) is 10.6 Å². The number of amides is 4. The highest BCUT2D eigenvalue weighted by Crippen LogP contribution is 2.38. The van der Waals surface area contributed by atoms with Gasteiger partial charge >= 0.3 is 12.0 Å². The average molecular weight is 417 g/mol. The number of imide groups is 1. The highest BCUT2D eigenvalue weighted by molar-refractivity contribution is 6.09. The van der Waals surface area contributed by atoms with E-state index in [0.717, 1.165) is 24.2 Å². The molecule has 9 heteroatoms. The molecule has 2 fully saturated rings. The van der Waals surface area contributed by atoms with Crippen LogP contribution in [0.1, 0.15) is 32.6 Å². The van der Waals surface area contributed by atoms with Gasteiger partial charge in [0.25, 0.3) is 11.8 Å². The molecule has 1 aliphatic heterocycles. The number of rotatable bonds is 8. The van der Waals surface area contributed by atoms with E-state index in [4.69, 9.17) is 9.47 Å². The molecule has 0 aromatic heterocycles. The van der Waals surface area contributed by atoms with Gasteiger partial charge in [0.2, 0.25) is 0 Å². The third-order valence-electron chi connectivity index (χ3n) is 5.59. The van der Waals surface area contributed by atoms with E-state index in [1.54, 1.807) is 12.1 Å². The standard InChI is InChI=1S/C21H27N3O6/c1-15-7-5-6-10-21(15)19(27)24(20(28)23-21)13-18(26)30-14-17(25)22-11-12-29-16-8-3-2-4-9-16/h2-4,8-9,15H,5-7,10-14H2,1H3,(H,22,25)(H,23,28)/t15-,21+/m1/s1. The fraction of sp³-hybridized carbons (Fsp3) is 0.524. The molecule has 9 nitrogen and oxygen atoms in total. The fourth-order valence-corrected chi connectivity index (χ4v) is 3.89. The van der Waals surface area contributed by atoms with Crippen LogP contribution in [-0.4, -0.2) is 60.6 Å². The summed E-state index contributed by atoms with van der Waals surface area (Å²) in [6, 6.07) is 8.58. The molecule has 1 aromatic rings. The molecule has 1 aliphatic carbocycles. The average Bonchev–Trinajstić information content (AvgIpc) is 2.97. The number of hydrogen-bond acceptors (Lipinski definition) is 6. The van der Waals surface area contributed by atoms with Crippen LogP contribution < -0.4 is 15.4 Å². The number of ether oxygens (including phenoxy) is 2. The molecule has 1 aromatic carbocycles. The van der Waals surface area contributed by atoms with Gasteiger partial charge < -0.3 is 20.1 Å². The molecule has 1 heterocycles. The highest BCUT2D eigenvalue weighted by Gasteiger charge is 2.55. The number of para-hydroxylation sites is 1. The lowest BCUT2D eigenvalue weighted by atomic mass is 9.73. The Balaban J connectivity index is 1.38. The molecule has 1 saturated carbocycles. The predicted molar refractivity (Wildman–Crippen MR) is 107 cm³/mol. The minimum atomic E-state index is -0.925. The number of carbonyl (C=O) groups excluding carboxylic acids is 4. The summed E-state index contributed by atoms with van der Waals surface area (Å²) in [5.74, 6) is -0.993.